The van der Waals surface area contributed by atoms with Crippen molar-refractivity contribution in [1.82, 2.24) is 9.88 Å². The minimum atomic E-state index is 0.188. The van der Waals surface area contributed by atoms with E-state index in [0.29, 0.717) is 19.5 Å². The summed E-state index contributed by atoms with van der Waals surface area (Å²) in [5, 5.41) is 1.14. The second-order valence-electron chi connectivity index (χ2n) is 7.13. The lowest BCUT2D eigenvalue weighted by Gasteiger charge is -2.31. The van der Waals surface area contributed by atoms with E-state index in [-0.39, 0.29) is 11.9 Å². The quantitative estimate of drug-likeness (QED) is 0.699. The van der Waals surface area contributed by atoms with Gasteiger partial charge in [0.1, 0.15) is 5.82 Å². The normalized spacial score (nSPS) is 18.0. The van der Waals surface area contributed by atoms with Gasteiger partial charge in [-0.3, -0.25) is 4.79 Å². The summed E-state index contributed by atoms with van der Waals surface area (Å²) in [6.45, 7) is 4.37. The molecule has 0 saturated carbocycles. The Bertz CT molecular complexity index is 925. The summed E-state index contributed by atoms with van der Waals surface area (Å²) in [6.07, 6.45) is 1.46. The third kappa shape index (κ3) is 3.80. The summed E-state index contributed by atoms with van der Waals surface area (Å²) in [5.41, 5.74) is 2.18. The number of anilines is 1. The van der Waals surface area contributed by atoms with E-state index in [1.807, 2.05) is 36.4 Å². The Labute approximate surface area is 160 Å². The molecule has 1 aromatic heterocycles. The van der Waals surface area contributed by atoms with E-state index in [4.69, 9.17) is 4.98 Å². The van der Waals surface area contributed by atoms with Gasteiger partial charge in [0.05, 0.1) is 5.52 Å². The predicted molar refractivity (Wildman–Crippen MR) is 110 cm³/mol. The minimum Gasteiger partial charge on any atom is -0.354 e. The van der Waals surface area contributed by atoms with Crippen LogP contribution in [0.5, 0.6) is 0 Å². The number of benzene rings is 2. The van der Waals surface area contributed by atoms with Gasteiger partial charge in [-0.2, -0.15) is 0 Å². The Morgan fingerprint density at radius 1 is 1.00 bits per heavy atom. The van der Waals surface area contributed by atoms with Crippen molar-refractivity contribution >= 4 is 22.6 Å². The highest BCUT2D eigenvalue weighted by Crippen LogP contribution is 2.23. The first-order valence-electron chi connectivity index (χ1n) is 9.68. The van der Waals surface area contributed by atoms with Crippen molar-refractivity contribution in [2.24, 2.45) is 0 Å². The first-order chi connectivity index (χ1) is 13.2. The Hall–Kier alpha value is -2.88. The van der Waals surface area contributed by atoms with Crippen LogP contribution in [0, 0.1) is 0 Å². The second kappa shape index (κ2) is 7.78. The van der Waals surface area contributed by atoms with Gasteiger partial charge in [0.25, 0.3) is 0 Å². The van der Waals surface area contributed by atoms with E-state index in [1.165, 1.54) is 5.56 Å². The van der Waals surface area contributed by atoms with Crippen LogP contribution in [-0.4, -0.2) is 34.9 Å². The van der Waals surface area contributed by atoms with Gasteiger partial charge >= 0.3 is 0 Å². The number of para-hydroxylation sites is 1. The van der Waals surface area contributed by atoms with E-state index in [0.717, 1.165) is 29.7 Å². The number of hydrogen-bond donors (Lipinski definition) is 0. The van der Waals surface area contributed by atoms with Gasteiger partial charge in [-0.05, 0) is 30.2 Å². The average molecular weight is 359 g/mol. The minimum absolute atomic E-state index is 0.188. The molecule has 1 unspecified atom stereocenters. The van der Waals surface area contributed by atoms with Crippen LogP contribution in [0.2, 0.25) is 0 Å². The zero-order chi connectivity index (χ0) is 18.6. The fourth-order valence-electron chi connectivity index (χ4n) is 3.81. The lowest BCUT2D eigenvalue weighted by atomic mass is 10.1. The number of pyridine rings is 1. The number of fused-ring (bicyclic) bond motifs is 1. The summed E-state index contributed by atoms with van der Waals surface area (Å²) in [4.78, 5) is 22.0. The highest BCUT2D eigenvalue weighted by Gasteiger charge is 2.29. The molecule has 4 heteroatoms. The van der Waals surface area contributed by atoms with E-state index < -0.39 is 0 Å². The van der Waals surface area contributed by atoms with Crippen molar-refractivity contribution in [3.8, 4) is 0 Å². The lowest BCUT2D eigenvalue weighted by Crippen LogP contribution is -2.42. The smallest absolute Gasteiger partial charge is 0.224 e. The van der Waals surface area contributed by atoms with Crippen LogP contribution in [0.3, 0.4) is 0 Å². The monoisotopic (exact) mass is 359 g/mol. The van der Waals surface area contributed by atoms with Crippen molar-refractivity contribution in [2.75, 3.05) is 18.0 Å². The largest absolute Gasteiger partial charge is 0.354 e. The van der Waals surface area contributed by atoms with Crippen LogP contribution >= 0.6 is 0 Å². The molecule has 1 amide bonds. The molecule has 1 aliphatic rings. The molecular formula is C23H25N3O. The van der Waals surface area contributed by atoms with Gasteiger partial charge in [-0.1, -0.05) is 55.5 Å². The molecule has 1 aliphatic heterocycles. The van der Waals surface area contributed by atoms with E-state index >= 15 is 0 Å². The Morgan fingerprint density at radius 3 is 2.59 bits per heavy atom. The van der Waals surface area contributed by atoms with Crippen molar-refractivity contribution in [2.45, 2.75) is 32.4 Å². The Balaban J connectivity index is 1.58. The highest BCUT2D eigenvalue weighted by atomic mass is 16.2. The Morgan fingerprint density at radius 2 is 1.78 bits per heavy atom. The van der Waals surface area contributed by atoms with Gasteiger partial charge in [-0.25, -0.2) is 4.98 Å². The number of aromatic nitrogens is 1. The van der Waals surface area contributed by atoms with Crippen molar-refractivity contribution in [3.63, 3.8) is 0 Å². The van der Waals surface area contributed by atoms with Crippen molar-refractivity contribution in [1.29, 1.82) is 0 Å². The Kier molecular flexibility index (Phi) is 5.05. The number of nitrogens with zero attached hydrogens (tertiary/aromatic N) is 3. The summed E-state index contributed by atoms with van der Waals surface area (Å²) in [6, 6.07) is 22.8. The molecule has 0 radical (unpaired) electrons. The maximum absolute atomic E-state index is 12.9. The van der Waals surface area contributed by atoms with Crippen molar-refractivity contribution in [3.05, 3.63) is 72.3 Å². The van der Waals surface area contributed by atoms with Gasteiger partial charge in [-0.15, -0.1) is 0 Å². The molecule has 0 N–H and O–H groups in total. The summed E-state index contributed by atoms with van der Waals surface area (Å²) < 4.78 is 0. The van der Waals surface area contributed by atoms with Crippen LogP contribution in [0.1, 0.15) is 25.3 Å². The summed E-state index contributed by atoms with van der Waals surface area (Å²) >= 11 is 0. The summed E-state index contributed by atoms with van der Waals surface area (Å²) in [5.74, 6) is 1.19. The predicted octanol–water partition coefficient (Wildman–Crippen LogP) is 4.25. The molecule has 0 aliphatic carbocycles. The number of amides is 1. The number of hydrogen-bond acceptors (Lipinski definition) is 3. The third-order valence-corrected chi connectivity index (χ3v) is 5.36. The van der Waals surface area contributed by atoms with E-state index in [9.17, 15) is 4.79 Å². The molecule has 1 fully saturated rings. The fraction of sp³-hybridized carbons (Fsp3) is 0.304. The molecule has 0 bridgehead atoms. The number of carbonyl (C=O) groups is 1. The van der Waals surface area contributed by atoms with Gasteiger partial charge < -0.3 is 9.80 Å². The van der Waals surface area contributed by atoms with Gasteiger partial charge in [0.2, 0.25) is 5.91 Å². The first kappa shape index (κ1) is 17.5. The first-order valence-corrected chi connectivity index (χ1v) is 9.68. The standard InChI is InChI=1S/C23H25N3O/c1-2-20-17-25(22-13-12-19-10-6-7-11-21(19)24-22)15-14-23(27)26(20)16-18-8-4-3-5-9-18/h3-13,20H,2,14-17H2,1H3. The molecule has 1 saturated heterocycles. The zero-order valence-corrected chi connectivity index (χ0v) is 15.7. The molecule has 2 heterocycles. The lowest BCUT2D eigenvalue weighted by molar-refractivity contribution is -0.133. The van der Waals surface area contributed by atoms with Crippen LogP contribution in [0.4, 0.5) is 5.82 Å². The average Bonchev–Trinajstić information content (AvgIpc) is 2.88. The third-order valence-electron chi connectivity index (χ3n) is 5.36. The van der Waals surface area contributed by atoms with Gasteiger partial charge in [0.15, 0.2) is 0 Å². The van der Waals surface area contributed by atoms with Crippen molar-refractivity contribution < 1.29 is 4.79 Å². The molecule has 4 rings (SSSR count). The molecule has 4 nitrogen and oxygen atoms in total. The van der Waals surface area contributed by atoms with E-state index in [1.54, 1.807) is 0 Å². The highest BCUT2D eigenvalue weighted by molar-refractivity contribution is 5.81. The van der Waals surface area contributed by atoms with Crippen LogP contribution < -0.4 is 4.90 Å². The van der Waals surface area contributed by atoms with Gasteiger partial charge in [0, 0.05) is 37.5 Å². The molecule has 1 atom stereocenters. The molecule has 27 heavy (non-hydrogen) atoms. The van der Waals surface area contributed by atoms with Crippen LogP contribution in [0.15, 0.2) is 66.7 Å². The fourth-order valence-corrected chi connectivity index (χ4v) is 3.81. The number of carbonyl (C=O) groups excluding carboxylic acids is 1. The number of rotatable bonds is 4. The zero-order valence-electron chi connectivity index (χ0n) is 15.7. The van der Waals surface area contributed by atoms with Crippen LogP contribution in [-0.2, 0) is 11.3 Å². The molecule has 0 spiro atoms. The molecular weight excluding hydrogens is 334 g/mol. The SMILES string of the molecule is CCC1CN(c2ccc3ccccc3n2)CCC(=O)N1Cc1ccccc1. The van der Waals surface area contributed by atoms with Crippen LogP contribution in [0.25, 0.3) is 10.9 Å². The molecule has 2 aromatic carbocycles. The maximum Gasteiger partial charge on any atom is 0.224 e. The maximum atomic E-state index is 12.9. The summed E-state index contributed by atoms with van der Waals surface area (Å²) in [7, 11) is 0. The second-order valence-corrected chi connectivity index (χ2v) is 7.13. The molecule has 138 valence electrons. The van der Waals surface area contributed by atoms with E-state index in [2.05, 4.69) is 47.1 Å². The molecule has 3 aromatic rings. The topological polar surface area (TPSA) is 36.4 Å².